The Morgan fingerprint density at radius 2 is 2.28 bits per heavy atom. The Kier molecular flexibility index (Phi) is 3.32. The van der Waals surface area contributed by atoms with Crippen LogP contribution in [0, 0.1) is 6.92 Å². The first-order valence-electron chi connectivity index (χ1n) is 5.66. The van der Waals surface area contributed by atoms with E-state index in [1.54, 1.807) is 12.1 Å². The van der Waals surface area contributed by atoms with Crippen molar-refractivity contribution in [2.45, 2.75) is 20.3 Å². The van der Waals surface area contributed by atoms with Gasteiger partial charge in [-0.2, -0.15) is 0 Å². The van der Waals surface area contributed by atoms with Crippen molar-refractivity contribution < 1.29 is 9.62 Å². The van der Waals surface area contributed by atoms with Gasteiger partial charge in [-0.15, -0.1) is 0 Å². The lowest BCUT2D eigenvalue weighted by Gasteiger charge is -2.04. The third-order valence-electron chi connectivity index (χ3n) is 2.77. The van der Waals surface area contributed by atoms with Gasteiger partial charge in [-0.1, -0.05) is 12.1 Å². The molecule has 2 heterocycles. The number of aryl methyl sites for hydroxylation is 2. The number of pyridine rings is 1. The van der Waals surface area contributed by atoms with Crippen molar-refractivity contribution in [3.8, 4) is 11.3 Å². The normalized spacial score (nSPS) is 11.2. The summed E-state index contributed by atoms with van der Waals surface area (Å²) in [5, 5.41) is 11.3. The van der Waals surface area contributed by atoms with Crippen LogP contribution in [0.15, 0.2) is 32.6 Å². The molecular formula is C13H14N2O3. The maximum atomic E-state index is 11.6. The van der Waals surface area contributed by atoms with Gasteiger partial charge in [0.05, 0.1) is 0 Å². The van der Waals surface area contributed by atoms with Crippen molar-refractivity contribution in [3.05, 3.63) is 45.6 Å². The van der Waals surface area contributed by atoms with Crippen LogP contribution in [0.2, 0.25) is 0 Å². The highest BCUT2D eigenvalue weighted by Gasteiger charge is 2.10. The lowest BCUT2D eigenvalue weighted by atomic mass is 10.1. The largest absolute Gasteiger partial charge is 0.455 e. The van der Waals surface area contributed by atoms with Gasteiger partial charge in [-0.3, -0.25) is 4.79 Å². The number of oxime groups is 1. The van der Waals surface area contributed by atoms with E-state index < -0.39 is 0 Å². The second-order valence-corrected chi connectivity index (χ2v) is 3.96. The molecule has 0 unspecified atom stereocenters. The van der Waals surface area contributed by atoms with E-state index >= 15 is 0 Å². The minimum absolute atomic E-state index is 0.0672. The van der Waals surface area contributed by atoms with Crippen LogP contribution in [-0.2, 0) is 6.42 Å². The molecule has 0 aliphatic heterocycles. The Balaban J connectivity index is 2.52. The van der Waals surface area contributed by atoms with Gasteiger partial charge < -0.3 is 14.6 Å². The summed E-state index contributed by atoms with van der Waals surface area (Å²) in [4.78, 5) is 14.4. The summed E-state index contributed by atoms with van der Waals surface area (Å²) in [6.45, 7) is 3.74. The van der Waals surface area contributed by atoms with Crippen molar-refractivity contribution in [2.24, 2.45) is 5.16 Å². The van der Waals surface area contributed by atoms with Gasteiger partial charge >= 0.3 is 0 Å². The maximum Gasteiger partial charge on any atom is 0.251 e. The molecule has 2 aromatic rings. The molecule has 0 amide bonds. The Bertz CT molecular complexity index is 638. The van der Waals surface area contributed by atoms with Crippen molar-refractivity contribution in [2.75, 3.05) is 0 Å². The van der Waals surface area contributed by atoms with Gasteiger partial charge in [0.2, 0.25) is 0 Å². The van der Waals surface area contributed by atoms with Crippen LogP contribution in [0.25, 0.3) is 11.3 Å². The number of H-pyrrole nitrogens is 1. The summed E-state index contributed by atoms with van der Waals surface area (Å²) in [6.07, 6.45) is 1.87. The number of nitrogens with zero attached hydrogens (tertiary/aromatic N) is 1. The molecule has 2 aromatic heterocycles. The first-order chi connectivity index (χ1) is 8.65. The zero-order valence-corrected chi connectivity index (χ0v) is 10.2. The topological polar surface area (TPSA) is 78.6 Å². The third-order valence-corrected chi connectivity index (χ3v) is 2.77. The van der Waals surface area contributed by atoms with E-state index in [1.807, 2.05) is 19.9 Å². The maximum absolute atomic E-state index is 11.6. The lowest BCUT2D eigenvalue weighted by Crippen LogP contribution is -2.13. The molecule has 94 valence electrons. The minimum Gasteiger partial charge on any atom is -0.455 e. The van der Waals surface area contributed by atoms with E-state index in [1.165, 1.54) is 6.21 Å². The predicted octanol–water partition coefficient (Wildman–Crippen LogP) is 2.31. The molecule has 0 atom stereocenters. The Labute approximate surface area is 104 Å². The number of hydrogen-bond donors (Lipinski definition) is 2. The van der Waals surface area contributed by atoms with Crippen molar-refractivity contribution in [1.82, 2.24) is 4.98 Å². The number of aromatic nitrogens is 1. The average molecular weight is 246 g/mol. The van der Waals surface area contributed by atoms with Crippen LogP contribution in [-0.4, -0.2) is 16.4 Å². The highest BCUT2D eigenvalue weighted by atomic mass is 16.4. The Morgan fingerprint density at radius 1 is 1.50 bits per heavy atom. The van der Waals surface area contributed by atoms with E-state index in [0.29, 0.717) is 23.5 Å². The summed E-state index contributed by atoms with van der Waals surface area (Å²) in [7, 11) is 0. The minimum atomic E-state index is -0.0672. The number of furan rings is 1. The van der Waals surface area contributed by atoms with E-state index in [0.717, 1.165) is 11.3 Å². The van der Waals surface area contributed by atoms with Gasteiger partial charge in [-0.05, 0) is 31.5 Å². The molecule has 18 heavy (non-hydrogen) atoms. The molecule has 5 heteroatoms. The van der Waals surface area contributed by atoms with Crippen LogP contribution in [0.4, 0.5) is 0 Å². The zero-order valence-electron chi connectivity index (χ0n) is 10.2. The SMILES string of the molecule is CCc1cc(-c2ccc(/C=N/O)o2)c(C)[nH]c1=O. The standard InChI is InChI=1S/C13H14N2O3/c1-3-9-6-11(8(2)15-13(9)16)12-5-4-10(18-12)7-14-17/h4-7,17H,3H2,1-2H3,(H,15,16)/b14-7+. The number of nitrogens with one attached hydrogen (secondary N) is 1. The summed E-state index contributed by atoms with van der Waals surface area (Å²) in [5.74, 6) is 1.09. The average Bonchev–Trinajstić information content (AvgIpc) is 2.78. The molecule has 0 spiro atoms. The van der Waals surface area contributed by atoms with E-state index in [2.05, 4.69) is 10.1 Å². The molecule has 2 rings (SSSR count). The van der Waals surface area contributed by atoms with Gasteiger partial charge in [-0.25, -0.2) is 0 Å². The van der Waals surface area contributed by atoms with Gasteiger partial charge in [0, 0.05) is 16.8 Å². The van der Waals surface area contributed by atoms with Crippen LogP contribution in [0.3, 0.4) is 0 Å². The number of hydrogen-bond acceptors (Lipinski definition) is 4. The zero-order chi connectivity index (χ0) is 13.1. The molecule has 0 aliphatic rings. The molecule has 0 saturated carbocycles. The quantitative estimate of drug-likeness (QED) is 0.495. The van der Waals surface area contributed by atoms with Gasteiger partial charge in [0.1, 0.15) is 17.7 Å². The second kappa shape index (κ2) is 4.91. The summed E-state index contributed by atoms with van der Waals surface area (Å²) < 4.78 is 5.50. The number of aromatic amines is 1. The molecular weight excluding hydrogens is 232 g/mol. The first-order valence-corrected chi connectivity index (χ1v) is 5.66. The fraction of sp³-hybridized carbons (Fsp3) is 0.231. The van der Waals surface area contributed by atoms with Gasteiger partial charge in [0.25, 0.3) is 5.56 Å². The fourth-order valence-electron chi connectivity index (χ4n) is 1.81. The monoisotopic (exact) mass is 246 g/mol. The van der Waals surface area contributed by atoms with E-state index in [4.69, 9.17) is 9.62 Å². The lowest BCUT2D eigenvalue weighted by molar-refractivity contribution is 0.321. The molecule has 0 saturated heterocycles. The molecule has 0 aliphatic carbocycles. The summed E-state index contributed by atoms with van der Waals surface area (Å²) >= 11 is 0. The van der Waals surface area contributed by atoms with Crippen molar-refractivity contribution in [3.63, 3.8) is 0 Å². The molecule has 0 aromatic carbocycles. The molecule has 0 fully saturated rings. The van der Waals surface area contributed by atoms with Crippen LogP contribution < -0.4 is 5.56 Å². The smallest absolute Gasteiger partial charge is 0.251 e. The first kappa shape index (κ1) is 12.2. The molecule has 0 bridgehead atoms. The van der Waals surface area contributed by atoms with Crippen LogP contribution in [0.5, 0.6) is 0 Å². The summed E-state index contributed by atoms with van der Waals surface area (Å²) in [5.41, 5.74) is 2.23. The van der Waals surface area contributed by atoms with Crippen molar-refractivity contribution in [1.29, 1.82) is 0 Å². The van der Waals surface area contributed by atoms with Crippen LogP contribution >= 0.6 is 0 Å². The fourth-order valence-corrected chi connectivity index (χ4v) is 1.81. The van der Waals surface area contributed by atoms with Gasteiger partial charge in [0.15, 0.2) is 0 Å². The predicted molar refractivity (Wildman–Crippen MR) is 68.3 cm³/mol. The highest BCUT2D eigenvalue weighted by Crippen LogP contribution is 2.24. The van der Waals surface area contributed by atoms with Crippen molar-refractivity contribution >= 4 is 6.21 Å². The van der Waals surface area contributed by atoms with E-state index in [-0.39, 0.29) is 5.56 Å². The summed E-state index contributed by atoms with van der Waals surface area (Å²) in [6, 6.07) is 5.30. The molecule has 2 N–H and O–H groups in total. The Morgan fingerprint density at radius 3 is 2.94 bits per heavy atom. The number of rotatable bonds is 3. The second-order valence-electron chi connectivity index (χ2n) is 3.96. The molecule has 5 nitrogen and oxygen atoms in total. The van der Waals surface area contributed by atoms with E-state index in [9.17, 15) is 4.79 Å². The third kappa shape index (κ3) is 2.20. The van der Waals surface area contributed by atoms with Crippen LogP contribution in [0.1, 0.15) is 23.9 Å². The Hall–Kier alpha value is -2.30. The molecule has 0 radical (unpaired) electrons. The highest BCUT2D eigenvalue weighted by molar-refractivity contribution is 5.77.